The van der Waals surface area contributed by atoms with Crippen LogP contribution in [0.25, 0.3) is 0 Å². The maximum atomic E-state index is 12.6. The second kappa shape index (κ2) is 8.37. The average Bonchev–Trinajstić information content (AvgIpc) is 3.08. The normalized spacial score (nSPS) is 16.9. The van der Waals surface area contributed by atoms with E-state index in [9.17, 15) is 18.0 Å². The van der Waals surface area contributed by atoms with E-state index in [0.29, 0.717) is 24.8 Å². The monoisotopic (exact) mass is 399 g/mol. The van der Waals surface area contributed by atoms with Gasteiger partial charge in [-0.25, -0.2) is 4.98 Å². The number of carbonyl (C=O) groups excluding carboxylic acids is 1. The standard InChI is InChI=1S/C18H20F3N3O2S/c19-18(20,21)13-3-1-11(2-4-13)9-14-10-23-17(27-14)24-16(25)15(22)12-5-7-26-8-6-12/h1-4,10,12,15H,5-9,22H2,(H,23,24,25). The summed E-state index contributed by atoms with van der Waals surface area (Å²) in [6.45, 7) is 1.22. The van der Waals surface area contributed by atoms with Gasteiger partial charge in [-0.1, -0.05) is 12.1 Å². The molecule has 1 aromatic heterocycles. The molecular formula is C18H20F3N3O2S. The number of nitrogens with zero attached hydrogens (tertiary/aromatic N) is 1. The Labute approximate surface area is 158 Å². The van der Waals surface area contributed by atoms with Crippen molar-refractivity contribution >= 4 is 22.4 Å². The van der Waals surface area contributed by atoms with Crippen molar-refractivity contribution in [1.29, 1.82) is 0 Å². The number of anilines is 1. The SMILES string of the molecule is NC(C(=O)Nc1ncc(Cc2ccc(C(F)(F)F)cc2)s1)C1CCOCC1. The first-order chi connectivity index (χ1) is 12.8. The van der Waals surface area contributed by atoms with Crippen molar-refractivity contribution in [3.05, 3.63) is 46.5 Å². The maximum Gasteiger partial charge on any atom is 0.416 e. The summed E-state index contributed by atoms with van der Waals surface area (Å²) in [5.41, 5.74) is 6.10. The summed E-state index contributed by atoms with van der Waals surface area (Å²) in [6, 6.07) is 4.40. The Bertz CT molecular complexity index is 771. The number of aromatic nitrogens is 1. The molecule has 1 aromatic carbocycles. The summed E-state index contributed by atoms with van der Waals surface area (Å²) in [4.78, 5) is 17.3. The molecule has 0 saturated carbocycles. The Hall–Kier alpha value is -1.97. The van der Waals surface area contributed by atoms with Crippen LogP contribution >= 0.6 is 11.3 Å². The molecule has 146 valence electrons. The molecule has 1 fully saturated rings. The van der Waals surface area contributed by atoms with Crippen molar-refractivity contribution in [1.82, 2.24) is 4.98 Å². The molecule has 1 atom stereocenters. The van der Waals surface area contributed by atoms with Gasteiger partial charge in [0.25, 0.3) is 0 Å². The van der Waals surface area contributed by atoms with Gasteiger partial charge in [-0.05, 0) is 36.5 Å². The Kier molecular flexibility index (Phi) is 6.13. The number of benzene rings is 1. The number of carbonyl (C=O) groups is 1. The third kappa shape index (κ3) is 5.27. The molecule has 0 bridgehead atoms. The van der Waals surface area contributed by atoms with Gasteiger partial charge in [0.15, 0.2) is 5.13 Å². The summed E-state index contributed by atoms with van der Waals surface area (Å²) in [5.74, 6) is -0.192. The van der Waals surface area contributed by atoms with Crippen LogP contribution in [0.5, 0.6) is 0 Å². The van der Waals surface area contributed by atoms with Gasteiger partial charge in [0.05, 0.1) is 11.6 Å². The fourth-order valence-electron chi connectivity index (χ4n) is 2.94. The van der Waals surface area contributed by atoms with Crippen LogP contribution in [0.4, 0.5) is 18.3 Å². The van der Waals surface area contributed by atoms with Crippen LogP contribution in [0.2, 0.25) is 0 Å². The lowest BCUT2D eigenvalue weighted by atomic mass is 9.92. The van der Waals surface area contributed by atoms with Crippen LogP contribution in [0, 0.1) is 5.92 Å². The zero-order valence-corrected chi connectivity index (χ0v) is 15.3. The van der Waals surface area contributed by atoms with E-state index >= 15 is 0 Å². The molecule has 1 aliphatic heterocycles. The maximum absolute atomic E-state index is 12.6. The second-order valence-electron chi connectivity index (χ2n) is 6.47. The molecule has 0 aliphatic carbocycles. The van der Waals surface area contributed by atoms with Gasteiger partial charge in [0.1, 0.15) is 0 Å². The lowest BCUT2D eigenvalue weighted by Gasteiger charge is -2.26. The Morgan fingerprint density at radius 2 is 1.96 bits per heavy atom. The highest BCUT2D eigenvalue weighted by molar-refractivity contribution is 7.15. The summed E-state index contributed by atoms with van der Waals surface area (Å²) in [6.07, 6.45) is -0.781. The van der Waals surface area contributed by atoms with Gasteiger partial charge >= 0.3 is 6.18 Å². The quantitative estimate of drug-likeness (QED) is 0.807. The number of amides is 1. The molecule has 1 unspecified atom stereocenters. The van der Waals surface area contributed by atoms with E-state index in [2.05, 4.69) is 10.3 Å². The third-order valence-corrected chi connectivity index (χ3v) is 5.43. The molecule has 1 amide bonds. The highest BCUT2D eigenvalue weighted by Crippen LogP contribution is 2.30. The number of ether oxygens (including phenoxy) is 1. The van der Waals surface area contributed by atoms with Gasteiger partial charge in [-0.15, -0.1) is 11.3 Å². The molecule has 2 heterocycles. The molecule has 5 nitrogen and oxygen atoms in total. The van der Waals surface area contributed by atoms with Gasteiger partial charge in [0.2, 0.25) is 5.91 Å². The largest absolute Gasteiger partial charge is 0.416 e. The van der Waals surface area contributed by atoms with E-state index in [4.69, 9.17) is 10.5 Å². The minimum absolute atomic E-state index is 0.0883. The molecule has 1 saturated heterocycles. The molecule has 3 N–H and O–H groups in total. The number of hydrogen-bond donors (Lipinski definition) is 2. The summed E-state index contributed by atoms with van der Waals surface area (Å²) in [5, 5.41) is 3.16. The number of nitrogens with two attached hydrogens (primary N) is 1. The van der Waals surface area contributed by atoms with Crippen LogP contribution in [0.3, 0.4) is 0 Å². The lowest BCUT2D eigenvalue weighted by molar-refractivity contribution is -0.137. The zero-order valence-electron chi connectivity index (χ0n) is 14.5. The fourth-order valence-corrected chi connectivity index (χ4v) is 3.79. The highest BCUT2D eigenvalue weighted by atomic mass is 32.1. The predicted octanol–water partition coefficient (Wildman–Crippen LogP) is 3.45. The van der Waals surface area contributed by atoms with E-state index in [1.54, 1.807) is 6.20 Å². The second-order valence-corrected chi connectivity index (χ2v) is 7.58. The molecule has 9 heteroatoms. The minimum Gasteiger partial charge on any atom is -0.381 e. The van der Waals surface area contributed by atoms with Crippen LogP contribution in [0.1, 0.15) is 28.8 Å². The lowest BCUT2D eigenvalue weighted by Crippen LogP contribution is -2.43. The molecule has 2 aromatic rings. The predicted molar refractivity (Wildman–Crippen MR) is 96.5 cm³/mol. The van der Waals surface area contributed by atoms with Gasteiger partial charge in [0, 0.05) is 30.7 Å². The molecule has 0 radical (unpaired) electrons. The van der Waals surface area contributed by atoms with E-state index in [1.807, 2.05) is 0 Å². The van der Waals surface area contributed by atoms with Crippen LogP contribution in [-0.4, -0.2) is 30.1 Å². The molecule has 27 heavy (non-hydrogen) atoms. The van der Waals surface area contributed by atoms with E-state index in [1.165, 1.54) is 23.5 Å². The first-order valence-corrected chi connectivity index (χ1v) is 9.39. The molecular weight excluding hydrogens is 379 g/mol. The highest BCUT2D eigenvalue weighted by Gasteiger charge is 2.30. The number of nitrogens with one attached hydrogen (secondary N) is 1. The Morgan fingerprint density at radius 1 is 1.30 bits per heavy atom. The number of alkyl halides is 3. The molecule has 0 spiro atoms. The Morgan fingerprint density at radius 3 is 2.59 bits per heavy atom. The Balaban J connectivity index is 1.57. The van der Waals surface area contributed by atoms with E-state index in [-0.39, 0.29) is 11.8 Å². The van der Waals surface area contributed by atoms with Crippen molar-refractivity contribution < 1.29 is 22.7 Å². The minimum atomic E-state index is -4.34. The van der Waals surface area contributed by atoms with Gasteiger partial charge in [-0.3, -0.25) is 4.79 Å². The topological polar surface area (TPSA) is 77.2 Å². The number of hydrogen-bond acceptors (Lipinski definition) is 5. The number of halogens is 3. The average molecular weight is 399 g/mol. The third-order valence-electron chi connectivity index (χ3n) is 4.52. The van der Waals surface area contributed by atoms with E-state index < -0.39 is 17.8 Å². The number of rotatable bonds is 5. The van der Waals surface area contributed by atoms with Gasteiger partial charge in [-0.2, -0.15) is 13.2 Å². The smallest absolute Gasteiger partial charge is 0.381 e. The zero-order chi connectivity index (χ0) is 19.4. The number of thiazole rings is 1. The van der Waals surface area contributed by atoms with Crippen molar-refractivity contribution in [2.75, 3.05) is 18.5 Å². The van der Waals surface area contributed by atoms with Crippen LogP contribution in [-0.2, 0) is 22.1 Å². The first kappa shape index (κ1) is 19.8. The fraction of sp³-hybridized carbons (Fsp3) is 0.444. The molecule has 3 rings (SSSR count). The van der Waals surface area contributed by atoms with Crippen LogP contribution < -0.4 is 11.1 Å². The van der Waals surface area contributed by atoms with Crippen molar-refractivity contribution in [2.45, 2.75) is 31.5 Å². The molecule has 1 aliphatic rings. The first-order valence-electron chi connectivity index (χ1n) is 8.58. The van der Waals surface area contributed by atoms with Gasteiger partial charge < -0.3 is 15.8 Å². The van der Waals surface area contributed by atoms with Crippen molar-refractivity contribution in [3.63, 3.8) is 0 Å². The summed E-state index contributed by atoms with van der Waals surface area (Å²) >= 11 is 1.28. The van der Waals surface area contributed by atoms with Crippen molar-refractivity contribution in [2.24, 2.45) is 11.7 Å². The van der Waals surface area contributed by atoms with E-state index in [0.717, 1.165) is 35.4 Å². The van der Waals surface area contributed by atoms with Crippen molar-refractivity contribution in [3.8, 4) is 0 Å². The summed E-state index contributed by atoms with van der Waals surface area (Å²) in [7, 11) is 0. The van der Waals surface area contributed by atoms with Crippen LogP contribution in [0.15, 0.2) is 30.5 Å². The summed E-state index contributed by atoms with van der Waals surface area (Å²) < 4.78 is 43.1.